The summed E-state index contributed by atoms with van der Waals surface area (Å²) < 4.78 is 13.1. The zero-order valence-electron chi connectivity index (χ0n) is 13.4. The summed E-state index contributed by atoms with van der Waals surface area (Å²) in [6.45, 7) is 2.26. The van der Waals surface area contributed by atoms with Gasteiger partial charge in [-0.1, -0.05) is 64.7 Å². The van der Waals surface area contributed by atoms with Crippen LogP contribution in [0.15, 0.2) is 23.1 Å². The van der Waals surface area contributed by atoms with Crippen LogP contribution in [0.2, 0.25) is 0 Å². The number of rotatable bonds is 12. The molecule has 3 heteroatoms. The number of hydrogen-bond acceptors (Lipinski definition) is 2. The molecule has 0 aromatic heterocycles. The third-order valence-corrected chi connectivity index (χ3v) is 4.89. The molecule has 0 heterocycles. The van der Waals surface area contributed by atoms with Crippen LogP contribution in [-0.4, -0.2) is 5.75 Å². The number of anilines is 1. The van der Waals surface area contributed by atoms with Crippen LogP contribution >= 0.6 is 11.8 Å². The van der Waals surface area contributed by atoms with Crippen molar-refractivity contribution >= 4 is 17.4 Å². The number of benzene rings is 1. The highest BCUT2D eigenvalue weighted by molar-refractivity contribution is 7.99. The van der Waals surface area contributed by atoms with Crippen LogP contribution < -0.4 is 5.73 Å². The molecule has 1 aromatic carbocycles. The molecule has 0 unspecified atom stereocenters. The zero-order chi connectivity index (χ0) is 15.3. The van der Waals surface area contributed by atoms with E-state index in [2.05, 4.69) is 6.92 Å². The molecule has 2 N–H and O–H groups in total. The first-order chi connectivity index (χ1) is 10.2. The van der Waals surface area contributed by atoms with Crippen molar-refractivity contribution < 1.29 is 4.39 Å². The smallest absolute Gasteiger partial charge is 0.124 e. The van der Waals surface area contributed by atoms with Crippen LogP contribution in [0.1, 0.15) is 71.1 Å². The molecule has 1 rings (SSSR count). The van der Waals surface area contributed by atoms with E-state index in [-0.39, 0.29) is 5.82 Å². The molecule has 120 valence electrons. The predicted molar refractivity (Wildman–Crippen MR) is 93.4 cm³/mol. The van der Waals surface area contributed by atoms with Gasteiger partial charge in [0.05, 0.1) is 0 Å². The van der Waals surface area contributed by atoms with Crippen molar-refractivity contribution in [2.75, 3.05) is 11.5 Å². The third-order valence-electron chi connectivity index (χ3n) is 3.73. The molecule has 21 heavy (non-hydrogen) atoms. The van der Waals surface area contributed by atoms with Crippen LogP contribution in [-0.2, 0) is 0 Å². The van der Waals surface area contributed by atoms with E-state index in [9.17, 15) is 4.39 Å². The van der Waals surface area contributed by atoms with Crippen molar-refractivity contribution in [3.8, 4) is 0 Å². The first kappa shape index (κ1) is 18.3. The van der Waals surface area contributed by atoms with E-state index in [0.717, 1.165) is 10.6 Å². The van der Waals surface area contributed by atoms with Gasteiger partial charge in [0.2, 0.25) is 0 Å². The van der Waals surface area contributed by atoms with Gasteiger partial charge in [0.15, 0.2) is 0 Å². The molecule has 0 radical (unpaired) electrons. The third kappa shape index (κ3) is 9.02. The van der Waals surface area contributed by atoms with Crippen LogP contribution in [0.5, 0.6) is 0 Å². The standard InChI is InChI=1S/C18H30FNS/c1-2-3-4-5-6-7-8-9-10-11-14-21-18-15-16(19)12-13-17(18)20/h12-13,15H,2-11,14,20H2,1H3. The topological polar surface area (TPSA) is 26.0 Å². The number of nitrogen functional groups attached to an aromatic ring is 1. The highest BCUT2D eigenvalue weighted by atomic mass is 32.2. The van der Waals surface area contributed by atoms with E-state index in [0.29, 0.717) is 5.69 Å². The Morgan fingerprint density at radius 2 is 1.48 bits per heavy atom. The van der Waals surface area contributed by atoms with E-state index in [4.69, 9.17) is 5.73 Å². The molecule has 1 aromatic rings. The second-order valence-corrected chi connectivity index (χ2v) is 6.85. The molecule has 0 aliphatic carbocycles. The van der Waals surface area contributed by atoms with Gasteiger partial charge in [0.25, 0.3) is 0 Å². The average molecular weight is 312 g/mol. The van der Waals surface area contributed by atoms with E-state index in [1.165, 1.54) is 76.3 Å². The second-order valence-electron chi connectivity index (χ2n) is 5.71. The van der Waals surface area contributed by atoms with Gasteiger partial charge in [-0.25, -0.2) is 4.39 Å². The summed E-state index contributed by atoms with van der Waals surface area (Å²) in [5.74, 6) is 0.833. The van der Waals surface area contributed by atoms with Gasteiger partial charge in [-0.3, -0.25) is 0 Å². The van der Waals surface area contributed by atoms with Gasteiger partial charge in [0.1, 0.15) is 5.82 Å². The van der Waals surface area contributed by atoms with Crippen molar-refractivity contribution in [2.24, 2.45) is 0 Å². The quantitative estimate of drug-likeness (QED) is 0.274. The van der Waals surface area contributed by atoms with Crippen molar-refractivity contribution in [3.05, 3.63) is 24.0 Å². The summed E-state index contributed by atoms with van der Waals surface area (Å²) in [6, 6.07) is 4.60. The van der Waals surface area contributed by atoms with Gasteiger partial charge in [-0.2, -0.15) is 0 Å². The predicted octanol–water partition coefficient (Wildman–Crippen LogP) is 6.42. The molecule has 0 fully saturated rings. The minimum absolute atomic E-state index is 0.199. The maximum Gasteiger partial charge on any atom is 0.124 e. The Labute approximate surface area is 133 Å². The molecular weight excluding hydrogens is 281 g/mol. The first-order valence-electron chi connectivity index (χ1n) is 8.42. The summed E-state index contributed by atoms with van der Waals surface area (Å²) in [6.07, 6.45) is 13.5. The summed E-state index contributed by atoms with van der Waals surface area (Å²) in [5.41, 5.74) is 6.52. The van der Waals surface area contributed by atoms with E-state index in [1.54, 1.807) is 17.8 Å². The van der Waals surface area contributed by atoms with Crippen molar-refractivity contribution in [1.82, 2.24) is 0 Å². The van der Waals surface area contributed by atoms with Crippen LogP contribution in [0.25, 0.3) is 0 Å². The van der Waals surface area contributed by atoms with Crippen LogP contribution in [0.3, 0.4) is 0 Å². The normalized spacial score (nSPS) is 11.0. The minimum Gasteiger partial charge on any atom is -0.398 e. The number of thioether (sulfide) groups is 1. The lowest BCUT2D eigenvalue weighted by atomic mass is 10.1. The number of nitrogens with two attached hydrogens (primary N) is 1. The lowest BCUT2D eigenvalue weighted by Gasteiger charge is -2.05. The summed E-state index contributed by atoms with van der Waals surface area (Å²) in [4.78, 5) is 0.880. The molecule has 0 spiro atoms. The van der Waals surface area contributed by atoms with Crippen molar-refractivity contribution in [1.29, 1.82) is 0 Å². The zero-order valence-corrected chi connectivity index (χ0v) is 14.2. The SMILES string of the molecule is CCCCCCCCCCCCSc1cc(F)ccc1N. The Morgan fingerprint density at radius 1 is 0.905 bits per heavy atom. The van der Waals surface area contributed by atoms with E-state index in [1.807, 2.05) is 0 Å². The van der Waals surface area contributed by atoms with Crippen LogP contribution in [0, 0.1) is 5.82 Å². The maximum atomic E-state index is 13.1. The van der Waals surface area contributed by atoms with Gasteiger partial charge >= 0.3 is 0 Å². The average Bonchev–Trinajstić information content (AvgIpc) is 2.48. The molecule has 0 saturated carbocycles. The summed E-state index contributed by atoms with van der Waals surface area (Å²) >= 11 is 1.67. The molecule has 0 saturated heterocycles. The Bertz CT molecular complexity index is 381. The van der Waals surface area contributed by atoms with Gasteiger partial charge < -0.3 is 5.73 Å². The van der Waals surface area contributed by atoms with E-state index >= 15 is 0 Å². The fourth-order valence-electron chi connectivity index (χ4n) is 2.40. The highest BCUT2D eigenvalue weighted by Gasteiger charge is 2.01. The number of unbranched alkanes of at least 4 members (excludes halogenated alkanes) is 9. The molecule has 0 bridgehead atoms. The second kappa shape index (κ2) is 11.9. The molecule has 0 amide bonds. The fourth-order valence-corrected chi connectivity index (χ4v) is 3.40. The van der Waals surface area contributed by atoms with Gasteiger partial charge in [-0.05, 0) is 30.4 Å². The van der Waals surface area contributed by atoms with Gasteiger partial charge in [-0.15, -0.1) is 11.8 Å². The maximum absolute atomic E-state index is 13.1. The lowest BCUT2D eigenvalue weighted by molar-refractivity contribution is 0.563. The largest absolute Gasteiger partial charge is 0.398 e. The Balaban J connectivity index is 1.94. The van der Waals surface area contributed by atoms with Crippen LogP contribution in [0.4, 0.5) is 10.1 Å². The highest BCUT2D eigenvalue weighted by Crippen LogP contribution is 2.26. The molecule has 0 aliphatic heterocycles. The molecule has 0 aliphatic rings. The first-order valence-corrected chi connectivity index (χ1v) is 9.40. The van der Waals surface area contributed by atoms with E-state index < -0.39 is 0 Å². The Hall–Kier alpha value is -0.700. The Kier molecular flexibility index (Phi) is 10.4. The van der Waals surface area contributed by atoms with Crippen molar-refractivity contribution in [3.63, 3.8) is 0 Å². The summed E-state index contributed by atoms with van der Waals surface area (Å²) in [7, 11) is 0. The molecule has 0 atom stereocenters. The molecular formula is C18H30FNS. The fraction of sp³-hybridized carbons (Fsp3) is 0.667. The number of halogens is 1. The Morgan fingerprint density at radius 3 is 2.10 bits per heavy atom. The van der Waals surface area contributed by atoms with Crippen molar-refractivity contribution in [2.45, 2.75) is 76.0 Å². The molecule has 1 nitrogen and oxygen atoms in total. The minimum atomic E-state index is -0.199. The van der Waals surface area contributed by atoms with Gasteiger partial charge in [0, 0.05) is 10.6 Å². The monoisotopic (exact) mass is 311 g/mol. The number of hydrogen-bond donors (Lipinski definition) is 1. The lowest BCUT2D eigenvalue weighted by Crippen LogP contribution is -1.90. The summed E-state index contributed by atoms with van der Waals surface area (Å²) in [5, 5.41) is 0.